The molecule has 0 saturated carbocycles. The van der Waals surface area contributed by atoms with Crippen LogP contribution in [0, 0.1) is 0 Å². The molecule has 0 atom stereocenters. The van der Waals surface area contributed by atoms with Gasteiger partial charge >= 0.3 is 0 Å². The van der Waals surface area contributed by atoms with Gasteiger partial charge in [-0.25, -0.2) is 0 Å². The molecular formula is C23H38N4. The summed E-state index contributed by atoms with van der Waals surface area (Å²) in [6.45, 7) is 8.11. The number of hydrogen-bond donors (Lipinski definition) is 1. The number of aromatic nitrogens is 1. The fourth-order valence-corrected chi connectivity index (χ4v) is 4.52. The van der Waals surface area contributed by atoms with Crippen molar-refractivity contribution >= 4 is 10.9 Å². The Morgan fingerprint density at radius 2 is 1.89 bits per heavy atom. The fourth-order valence-electron chi connectivity index (χ4n) is 4.52. The second-order valence-electron chi connectivity index (χ2n) is 8.70. The van der Waals surface area contributed by atoms with Crippen LogP contribution in [0.1, 0.15) is 44.6 Å². The van der Waals surface area contributed by atoms with E-state index in [0.717, 1.165) is 13.1 Å². The third-order valence-electron chi connectivity index (χ3n) is 6.60. The van der Waals surface area contributed by atoms with E-state index < -0.39 is 0 Å². The zero-order valence-corrected chi connectivity index (χ0v) is 17.8. The highest BCUT2D eigenvalue weighted by Gasteiger charge is 2.35. The maximum atomic E-state index is 3.32. The number of unbranched alkanes of at least 4 members (excludes halogenated alkanes) is 1. The molecule has 150 valence electrons. The molecule has 2 aromatic rings. The average Bonchev–Trinajstić information content (AvgIpc) is 3.13. The predicted octanol–water partition coefficient (Wildman–Crippen LogP) is 4.19. The van der Waals surface area contributed by atoms with Gasteiger partial charge in [0.2, 0.25) is 0 Å². The Hall–Kier alpha value is -1.36. The molecule has 1 N–H and O–H groups in total. The van der Waals surface area contributed by atoms with Crippen LogP contribution in [0.25, 0.3) is 10.9 Å². The van der Waals surface area contributed by atoms with E-state index in [0.29, 0.717) is 5.54 Å². The number of nitrogens with zero attached hydrogens (tertiary/aromatic N) is 3. The SMILES string of the molecule is CCCCC1(N(C)C)CCN(CCN(C)Cc2ccc3cc[nH]c3c2)CC1. The topological polar surface area (TPSA) is 25.5 Å². The zero-order valence-electron chi connectivity index (χ0n) is 17.8. The van der Waals surface area contributed by atoms with E-state index in [2.05, 4.69) is 72.0 Å². The van der Waals surface area contributed by atoms with Crippen molar-refractivity contribution in [3.8, 4) is 0 Å². The Balaban J connectivity index is 1.45. The molecule has 1 aromatic heterocycles. The normalized spacial score (nSPS) is 18.0. The van der Waals surface area contributed by atoms with Crippen LogP contribution >= 0.6 is 0 Å². The third-order valence-corrected chi connectivity index (χ3v) is 6.60. The van der Waals surface area contributed by atoms with Crippen molar-refractivity contribution in [2.75, 3.05) is 47.3 Å². The lowest BCUT2D eigenvalue weighted by Gasteiger charge is -2.46. The molecule has 3 rings (SSSR count). The molecule has 4 heteroatoms. The number of likely N-dealkylation sites (N-methyl/N-ethyl adjacent to an activating group) is 1. The first-order valence-corrected chi connectivity index (χ1v) is 10.7. The molecule has 0 aliphatic carbocycles. The van der Waals surface area contributed by atoms with E-state index in [1.54, 1.807) is 0 Å². The van der Waals surface area contributed by atoms with E-state index >= 15 is 0 Å². The van der Waals surface area contributed by atoms with Crippen molar-refractivity contribution in [3.05, 3.63) is 36.0 Å². The summed E-state index contributed by atoms with van der Waals surface area (Å²) in [5.41, 5.74) is 3.06. The molecule has 0 bridgehead atoms. The first kappa shape index (κ1) is 20.4. The van der Waals surface area contributed by atoms with Crippen molar-refractivity contribution in [3.63, 3.8) is 0 Å². The summed E-state index contributed by atoms with van der Waals surface area (Å²) < 4.78 is 0. The van der Waals surface area contributed by atoms with Crippen LogP contribution in [-0.2, 0) is 6.54 Å². The van der Waals surface area contributed by atoms with Crippen molar-refractivity contribution < 1.29 is 0 Å². The van der Waals surface area contributed by atoms with E-state index in [9.17, 15) is 0 Å². The van der Waals surface area contributed by atoms with E-state index in [-0.39, 0.29) is 0 Å². The van der Waals surface area contributed by atoms with Gasteiger partial charge in [-0.05, 0) is 76.6 Å². The Kier molecular flexibility index (Phi) is 6.96. The second-order valence-corrected chi connectivity index (χ2v) is 8.70. The van der Waals surface area contributed by atoms with Gasteiger partial charge < -0.3 is 19.7 Å². The summed E-state index contributed by atoms with van der Waals surface area (Å²) in [6, 6.07) is 8.89. The maximum Gasteiger partial charge on any atom is 0.0457 e. The van der Waals surface area contributed by atoms with Gasteiger partial charge in [0.25, 0.3) is 0 Å². The van der Waals surface area contributed by atoms with Crippen molar-refractivity contribution in [1.82, 2.24) is 19.7 Å². The van der Waals surface area contributed by atoms with Crippen LogP contribution in [0.15, 0.2) is 30.5 Å². The van der Waals surface area contributed by atoms with Crippen molar-refractivity contribution in [2.45, 2.75) is 51.1 Å². The number of H-pyrrole nitrogens is 1. The molecule has 0 radical (unpaired) electrons. The van der Waals surface area contributed by atoms with Crippen LogP contribution in [0.5, 0.6) is 0 Å². The van der Waals surface area contributed by atoms with Gasteiger partial charge in [-0.15, -0.1) is 0 Å². The number of rotatable bonds is 9. The first-order chi connectivity index (χ1) is 13.0. The summed E-state index contributed by atoms with van der Waals surface area (Å²) in [6.07, 6.45) is 8.65. The summed E-state index contributed by atoms with van der Waals surface area (Å²) in [5.74, 6) is 0. The van der Waals surface area contributed by atoms with E-state index in [1.807, 2.05) is 6.20 Å². The lowest BCUT2D eigenvalue weighted by molar-refractivity contribution is 0.0443. The lowest BCUT2D eigenvalue weighted by atomic mass is 9.82. The van der Waals surface area contributed by atoms with Gasteiger partial charge in [0.05, 0.1) is 0 Å². The standard InChI is InChI=1S/C23H38N4/c1-5-6-10-23(25(2)3)11-14-27(15-12-23)17-16-26(4)19-20-7-8-21-9-13-24-22(21)18-20/h7-9,13,18,24H,5-6,10-12,14-17,19H2,1-4H3. The number of aromatic amines is 1. The Morgan fingerprint density at radius 1 is 1.11 bits per heavy atom. The monoisotopic (exact) mass is 370 g/mol. The molecule has 1 aromatic carbocycles. The van der Waals surface area contributed by atoms with Crippen LogP contribution in [-0.4, -0.2) is 72.5 Å². The molecule has 4 nitrogen and oxygen atoms in total. The van der Waals surface area contributed by atoms with Crippen LogP contribution in [0.2, 0.25) is 0 Å². The molecule has 0 amide bonds. The van der Waals surface area contributed by atoms with Crippen LogP contribution in [0.4, 0.5) is 0 Å². The molecule has 1 aliphatic heterocycles. The van der Waals surface area contributed by atoms with Gasteiger partial charge in [-0.2, -0.15) is 0 Å². The maximum absolute atomic E-state index is 3.32. The number of nitrogens with one attached hydrogen (secondary N) is 1. The minimum absolute atomic E-state index is 0.434. The molecule has 1 aliphatic rings. The van der Waals surface area contributed by atoms with Crippen LogP contribution < -0.4 is 0 Å². The lowest BCUT2D eigenvalue weighted by Crippen LogP contribution is -2.53. The van der Waals surface area contributed by atoms with Gasteiger partial charge in [-0.3, -0.25) is 0 Å². The van der Waals surface area contributed by atoms with Crippen molar-refractivity contribution in [2.24, 2.45) is 0 Å². The van der Waals surface area contributed by atoms with Gasteiger partial charge in [-0.1, -0.05) is 31.9 Å². The average molecular weight is 371 g/mol. The fraction of sp³-hybridized carbons (Fsp3) is 0.652. The first-order valence-electron chi connectivity index (χ1n) is 10.7. The third kappa shape index (κ3) is 5.13. The minimum Gasteiger partial charge on any atom is -0.361 e. The van der Waals surface area contributed by atoms with Gasteiger partial charge in [0.1, 0.15) is 0 Å². The van der Waals surface area contributed by atoms with Crippen LogP contribution in [0.3, 0.4) is 0 Å². The highest BCUT2D eigenvalue weighted by molar-refractivity contribution is 5.79. The quantitative estimate of drug-likeness (QED) is 0.717. The molecule has 0 unspecified atom stereocenters. The highest BCUT2D eigenvalue weighted by Crippen LogP contribution is 2.32. The number of hydrogen-bond acceptors (Lipinski definition) is 3. The van der Waals surface area contributed by atoms with E-state index in [4.69, 9.17) is 0 Å². The van der Waals surface area contributed by atoms with E-state index in [1.165, 1.54) is 68.2 Å². The smallest absolute Gasteiger partial charge is 0.0457 e. The Labute approximate surface area is 165 Å². The summed E-state index contributed by atoms with van der Waals surface area (Å²) in [4.78, 5) is 10.9. The largest absolute Gasteiger partial charge is 0.361 e. The molecule has 0 spiro atoms. The van der Waals surface area contributed by atoms with Gasteiger partial charge in [0, 0.05) is 36.9 Å². The number of likely N-dealkylation sites (tertiary alicyclic amines) is 1. The minimum atomic E-state index is 0.434. The summed E-state index contributed by atoms with van der Waals surface area (Å²) in [5, 5.41) is 1.29. The van der Waals surface area contributed by atoms with Gasteiger partial charge in [0.15, 0.2) is 0 Å². The molecule has 27 heavy (non-hydrogen) atoms. The Morgan fingerprint density at radius 3 is 2.59 bits per heavy atom. The second kappa shape index (κ2) is 9.22. The number of piperidine rings is 1. The molecule has 1 saturated heterocycles. The summed E-state index contributed by atoms with van der Waals surface area (Å²) >= 11 is 0. The number of fused-ring (bicyclic) bond motifs is 1. The molecular weight excluding hydrogens is 332 g/mol. The van der Waals surface area contributed by atoms with Crippen molar-refractivity contribution in [1.29, 1.82) is 0 Å². The zero-order chi connectivity index (χ0) is 19.3. The molecule has 1 fully saturated rings. The summed E-state index contributed by atoms with van der Waals surface area (Å²) in [7, 11) is 6.80. The number of benzene rings is 1. The highest BCUT2D eigenvalue weighted by atomic mass is 15.2. The molecule has 2 heterocycles. The predicted molar refractivity (Wildman–Crippen MR) is 116 cm³/mol. The Bertz CT molecular complexity index is 697.